The van der Waals surface area contributed by atoms with E-state index in [0.29, 0.717) is 28.3 Å². The maximum atomic E-state index is 12.6. The molecule has 0 radical (unpaired) electrons. The van der Waals surface area contributed by atoms with Crippen molar-refractivity contribution in [3.8, 4) is 11.4 Å². The molecule has 0 spiro atoms. The zero-order valence-electron chi connectivity index (χ0n) is 18.1. The number of anilines is 2. The van der Waals surface area contributed by atoms with Crippen molar-refractivity contribution in [1.82, 2.24) is 9.97 Å². The lowest BCUT2D eigenvalue weighted by molar-refractivity contribution is -0.123. The highest BCUT2D eigenvalue weighted by Crippen LogP contribution is 2.22. The molecule has 0 fully saturated rings. The summed E-state index contributed by atoms with van der Waals surface area (Å²) in [6.07, 6.45) is -1.01. The van der Waals surface area contributed by atoms with Crippen molar-refractivity contribution >= 4 is 40.2 Å². The Morgan fingerprint density at radius 3 is 2.24 bits per heavy atom. The van der Waals surface area contributed by atoms with Crippen molar-refractivity contribution < 1.29 is 19.1 Å². The molecule has 8 heteroatoms. The fraction of sp³-hybridized carbons (Fsp3) is 0.120. The van der Waals surface area contributed by atoms with E-state index in [-0.39, 0.29) is 5.91 Å². The zero-order chi connectivity index (χ0) is 23.4. The zero-order valence-corrected chi connectivity index (χ0v) is 18.1. The van der Waals surface area contributed by atoms with Crippen molar-refractivity contribution in [2.75, 3.05) is 10.6 Å². The molecule has 0 saturated heterocycles. The number of esters is 1. The first kappa shape index (κ1) is 21.8. The average molecular weight is 442 g/mol. The second-order valence-corrected chi connectivity index (χ2v) is 7.48. The molecule has 1 heterocycles. The Bertz CT molecular complexity index is 1310. The number of hydrogen-bond donors (Lipinski definition) is 3. The third kappa shape index (κ3) is 5.24. The van der Waals surface area contributed by atoms with E-state index in [2.05, 4.69) is 20.6 Å². The van der Waals surface area contributed by atoms with Crippen LogP contribution in [0.1, 0.15) is 24.2 Å². The van der Waals surface area contributed by atoms with E-state index < -0.39 is 18.0 Å². The number of ether oxygens (including phenoxy) is 1. The number of carbonyl (C=O) groups excluding carboxylic acids is 3. The molecule has 0 bridgehead atoms. The van der Waals surface area contributed by atoms with E-state index in [4.69, 9.17) is 4.74 Å². The molecule has 4 aromatic rings. The largest absolute Gasteiger partial charge is 0.449 e. The first-order chi connectivity index (χ1) is 15.9. The van der Waals surface area contributed by atoms with E-state index in [1.165, 1.54) is 13.8 Å². The molecular weight excluding hydrogens is 420 g/mol. The minimum atomic E-state index is -1.01. The lowest BCUT2D eigenvalue weighted by Gasteiger charge is -2.14. The Hall–Kier alpha value is -4.46. The molecule has 1 atom stereocenters. The maximum Gasteiger partial charge on any atom is 0.338 e. The quantitative estimate of drug-likeness (QED) is 0.384. The molecule has 166 valence electrons. The summed E-state index contributed by atoms with van der Waals surface area (Å²) >= 11 is 0. The molecule has 33 heavy (non-hydrogen) atoms. The topological polar surface area (TPSA) is 113 Å². The molecule has 0 aliphatic carbocycles. The second kappa shape index (κ2) is 9.35. The number of benzene rings is 3. The van der Waals surface area contributed by atoms with E-state index in [9.17, 15) is 14.4 Å². The Morgan fingerprint density at radius 2 is 1.58 bits per heavy atom. The summed E-state index contributed by atoms with van der Waals surface area (Å²) in [6, 6.07) is 21.3. The number of fused-ring (bicyclic) bond motifs is 1. The highest BCUT2D eigenvalue weighted by molar-refractivity contribution is 5.99. The molecule has 3 N–H and O–H groups in total. The summed E-state index contributed by atoms with van der Waals surface area (Å²) in [5.74, 6) is -0.564. The van der Waals surface area contributed by atoms with Gasteiger partial charge in [0.1, 0.15) is 5.82 Å². The van der Waals surface area contributed by atoms with E-state index >= 15 is 0 Å². The van der Waals surface area contributed by atoms with E-state index in [1.54, 1.807) is 42.5 Å². The number of rotatable bonds is 6. The maximum absolute atomic E-state index is 12.6. The summed E-state index contributed by atoms with van der Waals surface area (Å²) < 4.78 is 5.34. The molecule has 1 unspecified atom stereocenters. The third-order valence-corrected chi connectivity index (χ3v) is 4.89. The van der Waals surface area contributed by atoms with Gasteiger partial charge in [0.15, 0.2) is 6.10 Å². The summed E-state index contributed by atoms with van der Waals surface area (Å²) in [5, 5.41) is 5.33. The van der Waals surface area contributed by atoms with Crippen LogP contribution < -0.4 is 10.6 Å². The fourth-order valence-electron chi connectivity index (χ4n) is 3.24. The Morgan fingerprint density at radius 1 is 0.909 bits per heavy atom. The predicted octanol–water partition coefficient (Wildman–Crippen LogP) is 4.37. The summed E-state index contributed by atoms with van der Waals surface area (Å²) in [4.78, 5) is 43.9. The van der Waals surface area contributed by atoms with Gasteiger partial charge in [-0.25, -0.2) is 9.78 Å². The van der Waals surface area contributed by atoms with Gasteiger partial charge in [0.2, 0.25) is 5.91 Å². The summed E-state index contributed by atoms with van der Waals surface area (Å²) in [7, 11) is 0. The molecule has 1 aromatic heterocycles. The van der Waals surface area contributed by atoms with Crippen LogP contribution in [0, 0.1) is 0 Å². The first-order valence-electron chi connectivity index (χ1n) is 10.3. The monoisotopic (exact) mass is 442 g/mol. The van der Waals surface area contributed by atoms with Gasteiger partial charge in [-0.1, -0.05) is 30.3 Å². The minimum absolute atomic E-state index is 0.183. The Balaban J connectivity index is 1.40. The summed E-state index contributed by atoms with van der Waals surface area (Å²) in [6.45, 7) is 2.92. The lowest BCUT2D eigenvalue weighted by atomic mass is 10.2. The number of hydrogen-bond acceptors (Lipinski definition) is 5. The second-order valence-electron chi connectivity index (χ2n) is 7.48. The van der Waals surface area contributed by atoms with Gasteiger partial charge < -0.3 is 20.4 Å². The number of nitrogens with one attached hydrogen (secondary N) is 3. The molecule has 0 saturated carbocycles. The number of aromatic nitrogens is 2. The predicted molar refractivity (Wildman–Crippen MR) is 126 cm³/mol. The van der Waals surface area contributed by atoms with Crippen LogP contribution in [0.25, 0.3) is 22.4 Å². The van der Waals surface area contributed by atoms with Crippen LogP contribution in [-0.4, -0.2) is 33.9 Å². The SMILES string of the molecule is CC(=O)Nc1ccc(NC(=O)C(C)OC(=O)c2ccc3nc(-c4ccccc4)[nH]c3c2)cc1. The van der Waals surface area contributed by atoms with Crippen LogP contribution in [0.4, 0.5) is 11.4 Å². The minimum Gasteiger partial charge on any atom is -0.449 e. The highest BCUT2D eigenvalue weighted by Gasteiger charge is 2.20. The van der Waals surface area contributed by atoms with Crippen LogP contribution in [-0.2, 0) is 14.3 Å². The number of aromatic amines is 1. The van der Waals surface area contributed by atoms with Gasteiger partial charge >= 0.3 is 5.97 Å². The number of amides is 2. The Kier molecular flexibility index (Phi) is 6.17. The van der Waals surface area contributed by atoms with E-state index in [1.807, 2.05) is 30.3 Å². The first-order valence-corrected chi connectivity index (χ1v) is 10.3. The molecule has 0 aliphatic heterocycles. The van der Waals surface area contributed by atoms with Crippen molar-refractivity contribution in [3.63, 3.8) is 0 Å². The van der Waals surface area contributed by atoms with Crippen LogP contribution in [0.15, 0.2) is 72.8 Å². The third-order valence-electron chi connectivity index (χ3n) is 4.89. The van der Waals surface area contributed by atoms with Crippen molar-refractivity contribution in [2.45, 2.75) is 20.0 Å². The van der Waals surface area contributed by atoms with Crippen LogP contribution >= 0.6 is 0 Å². The number of H-pyrrole nitrogens is 1. The molecule has 2 amide bonds. The van der Waals surface area contributed by atoms with Gasteiger partial charge in [-0.3, -0.25) is 9.59 Å². The van der Waals surface area contributed by atoms with Crippen molar-refractivity contribution in [2.24, 2.45) is 0 Å². The lowest BCUT2D eigenvalue weighted by Crippen LogP contribution is -2.30. The molecule has 0 aliphatic rings. The van der Waals surface area contributed by atoms with Gasteiger partial charge in [-0.2, -0.15) is 0 Å². The van der Waals surface area contributed by atoms with Gasteiger partial charge in [0.25, 0.3) is 5.91 Å². The summed E-state index contributed by atoms with van der Waals surface area (Å²) in [5.41, 5.74) is 3.80. The number of imidazole rings is 1. The van der Waals surface area contributed by atoms with Gasteiger partial charge in [-0.05, 0) is 49.4 Å². The van der Waals surface area contributed by atoms with Crippen LogP contribution in [0.2, 0.25) is 0 Å². The van der Waals surface area contributed by atoms with E-state index in [0.717, 1.165) is 11.1 Å². The number of nitrogens with zero attached hydrogens (tertiary/aromatic N) is 1. The van der Waals surface area contributed by atoms with Crippen molar-refractivity contribution in [3.05, 3.63) is 78.4 Å². The standard InChI is InChI=1S/C25H22N4O4/c1-15(24(31)27-20-11-9-19(10-12-20)26-16(2)30)33-25(32)18-8-13-21-22(14-18)29-23(28-21)17-6-4-3-5-7-17/h3-15H,1-2H3,(H,26,30)(H,27,31)(H,28,29). The number of carbonyl (C=O) groups is 3. The van der Waals surface area contributed by atoms with Gasteiger partial charge in [-0.15, -0.1) is 0 Å². The van der Waals surface area contributed by atoms with Gasteiger partial charge in [0.05, 0.1) is 16.6 Å². The van der Waals surface area contributed by atoms with Crippen molar-refractivity contribution in [1.29, 1.82) is 0 Å². The van der Waals surface area contributed by atoms with Crippen LogP contribution in [0.5, 0.6) is 0 Å². The molecule has 8 nitrogen and oxygen atoms in total. The van der Waals surface area contributed by atoms with Crippen LogP contribution in [0.3, 0.4) is 0 Å². The average Bonchev–Trinajstić information content (AvgIpc) is 3.24. The molecule has 4 rings (SSSR count). The normalized spacial score (nSPS) is 11.6. The molecule has 3 aromatic carbocycles. The Labute approximate surface area is 190 Å². The smallest absolute Gasteiger partial charge is 0.338 e. The van der Waals surface area contributed by atoms with Gasteiger partial charge in [0, 0.05) is 23.9 Å². The molecular formula is C25H22N4O4. The highest BCUT2D eigenvalue weighted by atomic mass is 16.5. The fourth-order valence-corrected chi connectivity index (χ4v) is 3.24.